The van der Waals surface area contributed by atoms with E-state index in [9.17, 15) is 24.6 Å². The van der Waals surface area contributed by atoms with Gasteiger partial charge >= 0.3 is 29.0 Å². The standard InChI is InChI=1S/C10H22O7.C10H18O4.C4H6O2.Mg/c11-1-9(2-12,3-13)7-17-8-10(4-14,5-15)6-16;11-9(12)7-5-3-1-2-4-6-8-10(13)14;1-3-4(5)6-2;/h11-16H,1-8H2;1-8H2,(H,11,12)(H,13,14);3H,1H2,2H3;/q;;;+2/p-2. The first kappa shape index (κ1) is 43.7. The van der Waals surface area contributed by atoms with Crippen LogP contribution in [0.3, 0.4) is 0 Å². The summed E-state index contributed by atoms with van der Waals surface area (Å²) in [4.78, 5) is 29.9. The van der Waals surface area contributed by atoms with E-state index in [0.29, 0.717) is 12.8 Å². The molecule has 0 radical (unpaired) electrons. The van der Waals surface area contributed by atoms with Gasteiger partial charge in [-0.3, -0.25) is 0 Å². The van der Waals surface area contributed by atoms with Crippen LogP contribution < -0.4 is 10.2 Å². The topological polar surface area (TPSA) is 237 Å². The van der Waals surface area contributed by atoms with Gasteiger partial charge in [-0.25, -0.2) is 4.79 Å². The molecule has 0 atom stereocenters. The van der Waals surface area contributed by atoms with Crippen molar-refractivity contribution < 1.29 is 64.7 Å². The molecule has 220 valence electrons. The molecule has 0 amide bonds. The number of carboxylic acid groups (broad SMARTS) is 2. The van der Waals surface area contributed by atoms with Crippen LogP contribution in [-0.2, 0) is 23.9 Å². The van der Waals surface area contributed by atoms with Gasteiger partial charge in [-0.1, -0.05) is 32.3 Å². The van der Waals surface area contributed by atoms with Crippen molar-refractivity contribution in [2.45, 2.75) is 51.4 Å². The van der Waals surface area contributed by atoms with Crippen molar-refractivity contribution in [3.05, 3.63) is 12.7 Å². The minimum Gasteiger partial charge on any atom is -0.550 e. The largest absolute Gasteiger partial charge is 2.00 e. The molecule has 0 fully saturated rings. The molecular formula is C24H44MgO13. The second-order valence-electron chi connectivity index (χ2n) is 8.53. The van der Waals surface area contributed by atoms with Crippen LogP contribution in [0.1, 0.15) is 51.4 Å². The number of ether oxygens (including phenoxy) is 2. The Morgan fingerprint density at radius 3 is 1.16 bits per heavy atom. The molecule has 0 heterocycles. The molecule has 0 aromatic heterocycles. The molecule has 0 unspecified atom stereocenters. The Labute approximate surface area is 240 Å². The molecule has 0 saturated heterocycles. The number of hydrogen-bond donors (Lipinski definition) is 6. The molecule has 0 rings (SSSR count). The summed E-state index contributed by atoms with van der Waals surface area (Å²) in [6, 6.07) is 0. The van der Waals surface area contributed by atoms with E-state index in [1.165, 1.54) is 7.11 Å². The third kappa shape index (κ3) is 24.9. The molecule has 0 spiro atoms. The maximum atomic E-state index is 10.0. The van der Waals surface area contributed by atoms with Crippen molar-refractivity contribution in [3.8, 4) is 0 Å². The van der Waals surface area contributed by atoms with Gasteiger partial charge in [0.1, 0.15) is 0 Å². The number of carbonyl (C=O) groups is 3. The summed E-state index contributed by atoms with van der Waals surface area (Å²) in [5.41, 5.74) is -2.32. The summed E-state index contributed by atoms with van der Waals surface area (Å²) >= 11 is 0. The van der Waals surface area contributed by atoms with Crippen LogP contribution in [0.25, 0.3) is 0 Å². The van der Waals surface area contributed by atoms with Gasteiger partial charge in [0, 0.05) is 18.0 Å². The molecule has 0 bridgehead atoms. The smallest absolute Gasteiger partial charge is 0.550 e. The molecule has 0 aliphatic carbocycles. The van der Waals surface area contributed by atoms with E-state index in [2.05, 4.69) is 11.3 Å². The second-order valence-corrected chi connectivity index (χ2v) is 8.53. The summed E-state index contributed by atoms with van der Waals surface area (Å²) < 4.78 is 9.29. The Hall–Kier alpha value is -1.36. The zero-order valence-corrected chi connectivity index (χ0v) is 23.8. The minimum atomic E-state index is -1.16. The first-order valence-electron chi connectivity index (χ1n) is 11.8. The van der Waals surface area contributed by atoms with Crippen LogP contribution in [0, 0.1) is 10.8 Å². The third-order valence-electron chi connectivity index (χ3n) is 5.21. The van der Waals surface area contributed by atoms with Gasteiger partial charge in [0.2, 0.25) is 0 Å². The Morgan fingerprint density at radius 2 is 0.974 bits per heavy atom. The van der Waals surface area contributed by atoms with E-state index >= 15 is 0 Å². The van der Waals surface area contributed by atoms with E-state index in [1.54, 1.807) is 0 Å². The molecule has 0 aliphatic rings. The number of aliphatic hydroxyl groups excluding tert-OH is 6. The number of esters is 1. The Bertz CT molecular complexity index is 537. The molecule has 0 aromatic carbocycles. The van der Waals surface area contributed by atoms with Crippen molar-refractivity contribution in [3.63, 3.8) is 0 Å². The molecule has 14 heteroatoms. The number of carbonyl (C=O) groups excluding carboxylic acids is 3. The van der Waals surface area contributed by atoms with Gasteiger partial charge in [-0.05, 0) is 25.7 Å². The fourth-order valence-corrected chi connectivity index (χ4v) is 2.39. The van der Waals surface area contributed by atoms with Crippen molar-refractivity contribution in [1.82, 2.24) is 0 Å². The first-order chi connectivity index (χ1) is 17.5. The fourth-order valence-electron chi connectivity index (χ4n) is 2.39. The second kappa shape index (κ2) is 28.6. The van der Waals surface area contributed by atoms with Crippen molar-refractivity contribution in [1.29, 1.82) is 0 Å². The summed E-state index contributed by atoms with van der Waals surface area (Å²) in [5.74, 6) is -2.39. The Balaban J connectivity index is -0.000000248. The maximum Gasteiger partial charge on any atom is 2.00 e. The summed E-state index contributed by atoms with van der Waals surface area (Å²) in [6.07, 6.45) is 6.34. The predicted octanol–water partition coefficient (Wildman–Crippen LogP) is -3.50. The van der Waals surface area contributed by atoms with E-state index in [4.69, 9.17) is 35.4 Å². The molecular weight excluding hydrogens is 521 g/mol. The van der Waals surface area contributed by atoms with E-state index in [-0.39, 0.29) is 49.1 Å². The number of aliphatic carboxylic acids is 2. The Kier molecular flexibility index (Phi) is 32.9. The SMILES string of the molecule is C=CC(=O)OC.O=C([O-])CCCCCCCCC(=O)[O-].OCC(CO)(CO)COCC(CO)(CO)CO.[Mg+2]. The van der Waals surface area contributed by atoms with Crippen LogP contribution in [0.4, 0.5) is 0 Å². The van der Waals surface area contributed by atoms with Crippen LogP contribution in [0.15, 0.2) is 12.7 Å². The third-order valence-corrected chi connectivity index (χ3v) is 5.21. The number of aliphatic hydroxyl groups is 6. The quantitative estimate of drug-likeness (QED) is 0.0364. The average Bonchev–Trinajstić information content (AvgIpc) is 2.91. The minimum absolute atomic E-state index is 0. The zero-order chi connectivity index (χ0) is 29.2. The number of rotatable bonds is 20. The summed E-state index contributed by atoms with van der Waals surface area (Å²) in [5, 5.41) is 74.2. The van der Waals surface area contributed by atoms with E-state index < -0.39 is 68.4 Å². The van der Waals surface area contributed by atoms with Gasteiger partial charge in [0.25, 0.3) is 0 Å². The fraction of sp³-hybridized carbons (Fsp3) is 0.792. The number of unbranched alkanes of at least 4 members (excludes halogenated alkanes) is 5. The number of methoxy groups -OCH3 is 1. The Morgan fingerprint density at radius 1 is 0.684 bits per heavy atom. The molecule has 0 saturated carbocycles. The van der Waals surface area contributed by atoms with Crippen molar-refractivity contribution in [2.24, 2.45) is 10.8 Å². The van der Waals surface area contributed by atoms with Gasteiger partial charge < -0.3 is 59.9 Å². The first-order valence-corrected chi connectivity index (χ1v) is 11.8. The van der Waals surface area contributed by atoms with E-state index in [0.717, 1.165) is 31.8 Å². The van der Waals surface area contributed by atoms with Crippen molar-refractivity contribution >= 4 is 41.0 Å². The number of carboxylic acids is 2. The van der Waals surface area contributed by atoms with Gasteiger partial charge in [-0.15, -0.1) is 0 Å². The predicted molar refractivity (Wildman–Crippen MR) is 133 cm³/mol. The summed E-state index contributed by atoms with van der Waals surface area (Å²) in [7, 11) is 1.31. The molecule has 13 nitrogen and oxygen atoms in total. The van der Waals surface area contributed by atoms with Crippen LogP contribution in [-0.4, -0.2) is 132 Å². The molecule has 6 N–H and O–H groups in total. The average molecular weight is 565 g/mol. The number of hydrogen-bond acceptors (Lipinski definition) is 13. The van der Waals surface area contributed by atoms with Crippen LogP contribution >= 0.6 is 0 Å². The van der Waals surface area contributed by atoms with E-state index in [1.807, 2.05) is 0 Å². The molecule has 38 heavy (non-hydrogen) atoms. The zero-order valence-electron chi connectivity index (χ0n) is 22.3. The van der Waals surface area contributed by atoms with Crippen molar-refractivity contribution in [2.75, 3.05) is 60.0 Å². The normalized spacial score (nSPS) is 10.6. The van der Waals surface area contributed by atoms with Gasteiger partial charge in [-0.2, -0.15) is 0 Å². The van der Waals surface area contributed by atoms with Gasteiger partial charge in [0.05, 0.1) is 70.8 Å². The maximum absolute atomic E-state index is 10.0. The molecule has 0 aromatic rings. The monoisotopic (exact) mass is 564 g/mol. The van der Waals surface area contributed by atoms with Crippen LogP contribution in [0.5, 0.6) is 0 Å². The summed E-state index contributed by atoms with van der Waals surface area (Å²) in [6.45, 7) is 0.152. The van der Waals surface area contributed by atoms with Crippen LogP contribution in [0.2, 0.25) is 0 Å². The van der Waals surface area contributed by atoms with Gasteiger partial charge in [0.15, 0.2) is 0 Å². The molecule has 0 aliphatic heterocycles.